The Bertz CT molecular complexity index is 1770. The molecule has 8 rings (SSSR count). The molecule has 18 nitrogen and oxygen atoms in total. The first-order valence-corrected chi connectivity index (χ1v) is 24.4. The van der Waals surface area contributed by atoms with Crippen LogP contribution in [-0.4, -0.2) is 180 Å². The summed E-state index contributed by atoms with van der Waals surface area (Å²) in [7, 11) is 0. The van der Waals surface area contributed by atoms with E-state index in [1.807, 2.05) is 6.92 Å². The molecule has 26 atom stereocenters. The van der Waals surface area contributed by atoms with E-state index in [-0.39, 0.29) is 46.5 Å². The molecule has 0 bridgehead atoms. The molecule has 8 aliphatic rings. The van der Waals surface area contributed by atoms with Gasteiger partial charge in [0.25, 0.3) is 0 Å². The molecule has 15 unspecified atom stereocenters. The zero-order chi connectivity index (χ0) is 48.2. The molecule has 3 saturated heterocycles. The molecule has 66 heavy (non-hydrogen) atoms. The molecular formula is C48H78O18. The number of esters is 1. The number of hydrogen-bond acceptors (Lipinski definition) is 18. The average Bonchev–Trinajstić information content (AvgIpc) is 3.69. The summed E-state index contributed by atoms with van der Waals surface area (Å²) in [6.45, 7) is 15.8. The van der Waals surface area contributed by atoms with Gasteiger partial charge in [0.2, 0.25) is 6.29 Å². The standard InChI is InChI=1S/C48H78O18/c1-21(2)23-10-15-48(17-16-46(6)24(30(23)48)8-9-28-44(4)13-12-29(51)45(5,20-50)27(44)11-14-47(28,46)7)43(60)66-42-37(58)34(55)32(53)26(64-42)19-61-40-38(59)35(56)39(25(18-49)63-40)65-41-36(57)33(54)31(52)22(3)62-41/h22-42,49-59H,1,8-20H2,2-7H3/t22?,23-,24+,25?,26?,27+,28+,29-,30+,31?,32?,33?,34?,35?,36?,37?,38?,39?,40?,41?,42?,44-,45-,46+,47+,48-/m0/s1. The number of fused-ring (bicyclic) bond motifs is 7. The van der Waals surface area contributed by atoms with E-state index in [0.717, 1.165) is 50.5 Å². The van der Waals surface area contributed by atoms with Gasteiger partial charge in [-0.15, -0.1) is 0 Å². The second-order valence-corrected chi connectivity index (χ2v) is 22.8. The molecule has 0 aromatic carbocycles. The van der Waals surface area contributed by atoms with Crippen LogP contribution in [0.4, 0.5) is 0 Å². The molecule has 5 saturated carbocycles. The molecule has 0 aromatic rings. The number of carbonyl (C=O) groups excluding carboxylic acids is 1. The fraction of sp³-hybridized carbons (Fsp3) is 0.938. The molecule has 5 aliphatic carbocycles. The highest BCUT2D eigenvalue weighted by atomic mass is 16.8. The molecule has 378 valence electrons. The lowest BCUT2D eigenvalue weighted by Gasteiger charge is -2.72. The van der Waals surface area contributed by atoms with Gasteiger partial charge in [0, 0.05) is 5.41 Å². The Morgan fingerprint density at radius 2 is 1.30 bits per heavy atom. The minimum Gasteiger partial charge on any atom is -0.432 e. The lowest BCUT2D eigenvalue weighted by atomic mass is 9.32. The van der Waals surface area contributed by atoms with Crippen molar-refractivity contribution < 1.29 is 89.4 Å². The van der Waals surface area contributed by atoms with Crippen LogP contribution in [0.3, 0.4) is 0 Å². The number of rotatable bonds is 10. The molecule has 0 aromatic heterocycles. The fourth-order valence-electron chi connectivity index (χ4n) is 15.7. The number of aliphatic hydroxyl groups excluding tert-OH is 11. The number of carbonyl (C=O) groups is 1. The fourth-order valence-corrected chi connectivity index (χ4v) is 15.7. The Balaban J connectivity index is 0.965. The third kappa shape index (κ3) is 7.69. The Kier molecular flexibility index (Phi) is 14.1. The Morgan fingerprint density at radius 3 is 1.97 bits per heavy atom. The van der Waals surface area contributed by atoms with Gasteiger partial charge in [-0.3, -0.25) is 4.79 Å². The van der Waals surface area contributed by atoms with Crippen molar-refractivity contribution in [2.45, 2.75) is 204 Å². The van der Waals surface area contributed by atoms with Gasteiger partial charge in [0.15, 0.2) is 12.6 Å². The van der Waals surface area contributed by atoms with Gasteiger partial charge in [0.05, 0.1) is 37.4 Å². The lowest BCUT2D eigenvalue weighted by molar-refractivity contribution is -0.361. The topological polar surface area (TPSA) is 295 Å². The van der Waals surface area contributed by atoms with Gasteiger partial charge in [0.1, 0.15) is 67.1 Å². The van der Waals surface area contributed by atoms with Crippen molar-refractivity contribution in [1.29, 1.82) is 0 Å². The van der Waals surface area contributed by atoms with E-state index in [0.29, 0.717) is 25.2 Å². The van der Waals surface area contributed by atoms with Crippen molar-refractivity contribution in [2.75, 3.05) is 19.8 Å². The third-order valence-electron chi connectivity index (χ3n) is 19.8. The molecule has 0 amide bonds. The summed E-state index contributed by atoms with van der Waals surface area (Å²) in [6.07, 6.45) is -16.9. The molecule has 18 heteroatoms. The number of aliphatic hydroxyl groups is 11. The number of ether oxygens (including phenoxy) is 6. The van der Waals surface area contributed by atoms with Crippen LogP contribution in [0.15, 0.2) is 12.2 Å². The predicted molar refractivity (Wildman–Crippen MR) is 230 cm³/mol. The van der Waals surface area contributed by atoms with Gasteiger partial charge < -0.3 is 84.6 Å². The van der Waals surface area contributed by atoms with E-state index in [1.165, 1.54) is 6.92 Å². The summed E-state index contributed by atoms with van der Waals surface area (Å²) >= 11 is 0. The Labute approximate surface area is 387 Å². The monoisotopic (exact) mass is 943 g/mol. The molecule has 0 spiro atoms. The first-order valence-electron chi connectivity index (χ1n) is 24.4. The van der Waals surface area contributed by atoms with Crippen LogP contribution in [0, 0.1) is 56.7 Å². The van der Waals surface area contributed by atoms with Gasteiger partial charge in [-0.1, -0.05) is 39.8 Å². The first-order chi connectivity index (χ1) is 30.9. The van der Waals surface area contributed by atoms with E-state index >= 15 is 0 Å². The SMILES string of the molecule is C=C(C)[C@@H]1CC[C@]2(C(=O)OC3OC(COC4OC(CO)C(OC5OC(C)C(O)C(O)C5O)C(O)C4O)C(O)C(O)C3O)CC[C@]3(C)[C@H](CC[C@@H]4[C@@]5(C)CC[C@H](O)[C@@](C)(CO)[C@@H]5CC[C@]43C)[C@@H]12. The minimum atomic E-state index is -1.85. The molecule has 0 radical (unpaired) electrons. The quantitative estimate of drug-likeness (QED) is 0.101. The van der Waals surface area contributed by atoms with E-state index in [1.54, 1.807) is 0 Å². The lowest BCUT2D eigenvalue weighted by Crippen LogP contribution is -2.68. The maximum absolute atomic E-state index is 15.0. The van der Waals surface area contributed by atoms with E-state index < -0.39 is 128 Å². The highest BCUT2D eigenvalue weighted by molar-refractivity contribution is 5.78. The molecule has 8 fully saturated rings. The van der Waals surface area contributed by atoms with Gasteiger partial charge in [-0.25, -0.2) is 0 Å². The number of allylic oxidation sites excluding steroid dienone is 1. The third-order valence-corrected chi connectivity index (χ3v) is 19.8. The summed E-state index contributed by atoms with van der Waals surface area (Å²) in [5, 5.41) is 118. The molecule has 3 heterocycles. The molecule has 3 aliphatic heterocycles. The second-order valence-electron chi connectivity index (χ2n) is 22.8. The van der Waals surface area contributed by atoms with E-state index in [4.69, 9.17) is 28.4 Å². The van der Waals surface area contributed by atoms with Crippen LogP contribution in [-0.2, 0) is 33.2 Å². The van der Waals surface area contributed by atoms with Crippen LogP contribution in [0.1, 0.15) is 106 Å². The zero-order valence-electron chi connectivity index (χ0n) is 39.3. The van der Waals surface area contributed by atoms with Crippen molar-refractivity contribution in [1.82, 2.24) is 0 Å². The van der Waals surface area contributed by atoms with Crippen LogP contribution < -0.4 is 0 Å². The van der Waals surface area contributed by atoms with Crippen molar-refractivity contribution in [3.8, 4) is 0 Å². The Morgan fingerprint density at radius 1 is 0.652 bits per heavy atom. The van der Waals surface area contributed by atoms with Crippen LogP contribution >= 0.6 is 0 Å². The van der Waals surface area contributed by atoms with Gasteiger partial charge in [-0.05, 0) is 124 Å². The second kappa shape index (κ2) is 18.3. The van der Waals surface area contributed by atoms with Crippen LogP contribution in [0.25, 0.3) is 0 Å². The Hall–Kier alpha value is -1.43. The summed E-state index contributed by atoms with van der Waals surface area (Å²) < 4.78 is 34.7. The highest BCUT2D eigenvalue weighted by Crippen LogP contribution is 2.77. The molecule has 11 N–H and O–H groups in total. The largest absolute Gasteiger partial charge is 0.432 e. The van der Waals surface area contributed by atoms with Crippen LogP contribution in [0.5, 0.6) is 0 Å². The highest BCUT2D eigenvalue weighted by Gasteiger charge is 2.73. The summed E-state index contributed by atoms with van der Waals surface area (Å²) in [6, 6.07) is 0. The van der Waals surface area contributed by atoms with Gasteiger partial charge >= 0.3 is 5.97 Å². The normalized spacial score (nSPS) is 56.0. The minimum absolute atomic E-state index is 0.0378. The smallest absolute Gasteiger partial charge is 0.314 e. The maximum Gasteiger partial charge on any atom is 0.314 e. The predicted octanol–water partition coefficient (Wildman–Crippen LogP) is -0.00360. The summed E-state index contributed by atoms with van der Waals surface area (Å²) in [4.78, 5) is 15.0. The van der Waals surface area contributed by atoms with Gasteiger partial charge in [-0.2, -0.15) is 0 Å². The van der Waals surface area contributed by atoms with Crippen molar-refractivity contribution in [3.63, 3.8) is 0 Å². The van der Waals surface area contributed by atoms with Crippen LogP contribution in [0.2, 0.25) is 0 Å². The van der Waals surface area contributed by atoms with Crippen molar-refractivity contribution >= 4 is 5.97 Å². The molecular weight excluding hydrogens is 865 g/mol. The summed E-state index contributed by atoms with van der Waals surface area (Å²) in [5.74, 6) is 0.0482. The van der Waals surface area contributed by atoms with Crippen molar-refractivity contribution in [3.05, 3.63) is 12.2 Å². The first kappa shape index (κ1) is 50.9. The van der Waals surface area contributed by atoms with E-state index in [2.05, 4.69) is 34.3 Å². The van der Waals surface area contributed by atoms with E-state index in [9.17, 15) is 61.0 Å². The zero-order valence-corrected chi connectivity index (χ0v) is 39.3. The number of hydrogen-bond donors (Lipinski definition) is 11. The van der Waals surface area contributed by atoms with Crippen molar-refractivity contribution in [2.24, 2.45) is 56.7 Å². The summed E-state index contributed by atoms with van der Waals surface area (Å²) in [5.41, 5.74) is -0.817. The average molecular weight is 943 g/mol. The maximum atomic E-state index is 15.0.